The van der Waals surface area contributed by atoms with Crippen LogP contribution in [0.1, 0.15) is 61.4 Å². The number of aliphatic hydroxyl groups excluding tert-OH is 4. The molecule has 0 saturated carbocycles. The molecule has 5 atom stereocenters. The molecule has 9 nitrogen and oxygen atoms in total. The summed E-state index contributed by atoms with van der Waals surface area (Å²) in [6, 6.07) is 5.64. The number of allylic oxidation sites excluding steroid dienone is 2. The molecule has 1 aliphatic carbocycles. The number of fused-ring (bicyclic) bond motifs is 1. The van der Waals surface area contributed by atoms with Crippen LogP contribution in [0.5, 0.6) is 0 Å². The van der Waals surface area contributed by atoms with Crippen LogP contribution in [0, 0.1) is 25.2 Å². The lowest BCUT2D eigenvalue weighted by atomic mass is 9.82. The summed E-state index contributed by atoms with van der Waals surface area (Å²) in [4.78, 5) is 30.3. The van der Waals surface area contributed by atoms with Crippen LogP contribution in [-0.4, -0.2) is 71.3 Å². The molecule has 1 aromatic heterocycles. The largest absolute Gasteiger partial charge is 0.513 e. The van der Waals surface area contributed by atoms with Gasteiger partial charge in [0.1, 0.15) is 11.9 Å². The standard InChI is InChI=1S/C27H33NO8S/c1-3-5-20-25(33)22(31)7-4-6-18(29)10-8-16(12-19(30)14-24(32)27(35,36)26(20)34)17-9-11-23-21(13-17)28-15(2)37-23/h1,9-11,13,16,20,22,24-25,29,31-33,35-36H,4-8,12,14H2,2H3/b18-10-/t16-,20-,22-,24+,25-/m0/s1. The summed E-state index contributed by atoms with van der Waals surface area (Å²) in [6.45, 7) is 1.89. The van der Waals surface area contributed by atoms with Crippen molar-refractivity contribution in [2.45, 2.75) is 81.9 Å². The van der Waals surface area contributed by atoms with Crippen LogP contribution in [0.15, 0.2) is 30.0 Å². The molecular formula is C27H33NO8S. The number of aliphatic hydroxyl groups is 6. The van der Waals surface area contributed by atoms with E-state index >= 15 is 0 Å². The highest BCUT2D eigenvalue weighted by atomic mass is 32.1. The number of thiazole rings is 1. The van der Waals surface area contributed by atoms with Gasteiger partial charge in [0, 0.05) is 25.7 Å². The number of hydrogen-bond acceptors (Lipinski definition) is 10. The Morgan fingerprint density at radius 3 is 2.62 bits per heavy atom. The molecule has 0 spiro atoms. The normalized spacial score (nSPS) is 30.0. The lowest BCUT2D eigenvalue weighted by Gasteiger charge is -2.32. The Balaban J connectivity index is 1.93. The third-order valence-corrected chi connectivity index (χ3v) is 7.72. The SMILES string of the molecule is C#CC[C@@H]1C(=O)C(O)(O)[C@H](O)CC(=O)C[C@@H](c2ccc3sc(C)nc3c2)C/C=C(\O)CCC[C@H](O)[C@H]1O. The number of ketones is 2. The van der Waals surface area contributed by atoms with E-state index < -0.39 is 60.3 Å². The molecule has 0 fully saturated rings. The minimum Gasteiger partial charge on any atom is -0.513 e. The third kappa shape index (κ3) is 7.02. The van der Waals surface area contributed by atoms with E-state index in [-0.39, 0.29) is 37.9 Å². The smallest absolute Gasteiger partial charge is 0.251 e. The predicted octanol–water partition coefficient (Wildman–Crippen LogP) is 2.03. The number of carbonyl (C=O) groups is 2. The summed E-state index contributed by atoms with van der Waals surface area (Å²) in [6.07, 6.45) is 0.957. The van der Waals surface area contributed by atoms with Crippen LogP contribution in [0.4, 0.5) is 0 Å². The summed E-state index contributed by atoms with van der Waals surface area (Å²) < 4.78 is 0.987. The average Bonchev–Trinajstić information content (AvgIpc) is 3.22. The first-order valence-corrected chi connectivity index (χ1v) is 13.0. The number of benzene rings is 1. The van der Waals surface area contributed by atoms with E-state index in [9.17, 15) is 40.2 Å². The van der Waals surface area contributed by atoms with Crippen molar-refractivity contribution >= 4 is 33.1 Å². The second-order valence-corrected chi connectivity index (χ2v) is 10.8. The van der Waals surface area contributed by atoms with Crippen molar-refractivity contribution in [2.75, 3.05) is 0 Å². The quantitative estimate of drug-likeness (QED) is 0.251. The summed E-state index contributed by atoms with van der Waals surface area (Å²) in [7, 11) is 0. The van der Waals surface area contributed by atoms with E-state index in [1.54, 1.807) is 6.08 Å². The fourth-order valence-electron chi connectivity index (χ4n) is 4.61. The van der Waals surface area contributed by atoms with Gasteiger partial charge >= 0.3 is 0 Å². The number of aromatic nitrogens is 1. The number of rotatable bonds is 2. The van der Waals surface area contributed by atoms with Crippen LogP contribution < -0.4 is 0 Å². The zero-order valence-corrected chi connectivity index (χ0v) is 21.4. The molecule has 0 bridgehead atoms. The highest BCUT2D eigenvalue weighted by molar-refractivity contribution is 7.18. The molecule has 10 heteroatoms. The molecule has 3 rings (SSSR count). The maximum absolute atomic E-state index is 12.9. The predicted molar refractivity (Wildman–Crippen MR) is 138 cm³/mol. The van der Waals surface area contributed by atoms with Crippen molar-refractivity contribution in [1.29, 1.82) is 0 Å². The van der Waals surface area contributed by atoms with Crippen molar-refractivity contribution in [1.82, 2.24) is 4.98 Å². The van der Waals surface area contributed by atoms with E-state index in [1.165, 1.54) is 11.3 Å². The van der Waals surface area contributed by atoms with Crippen LogP contribution in [0.25, 0.3) is 10.2 Å². The Kier molecular flexibility index (Phi) is 9.58. The van der Waals surface area contributed by atoms with Crippen molar-refractivity contribution in [3.63, 3.8) is 0 Å². The lowest BCUT2D eigenvalue weighted by molar-refractivity contribution is -0.226. The fourth-order valence-corrected chi connectivity index (χ4v) is 5.42. The van der Waals surface area contributed by atoms with E-state index in [2.05, 4.69) is 10.9 Å². The molecule has 200 valence electrons. The fraction of sp³-hybridized carbons (Fsp3) is 0.519. The number of Topliss-reactive ketones (excluding diaryl/α,β-unsaturated/α-hetero) is 2. The van der Waals surface area contributed by atoms with Gasteiger partial charge in [-0.3, -0.25) is 9.59 Å². The van der Waals surface area contributed by atoms with Crippen molar-refractivity contribution in [3.05, 3.63) is 40.6 Å². The molecule has 0 aliphatic heterocycles. The van der Waals surface area contributed by atoms with Gasteiger partial charge in [-0.15, -0.1) is 23.7 Å². The zero-order chi connectivity index (χ0) is 27.3. The van der Waals surface area contributed by atoms with Gasteiger partial charge in [-0.05, 0) is 55.9 Å². The topological polar surface area (TPSA) is 168 Å². The van der Waals surface area contributed by atoms with Crippen molar-refractivity contribution in [3.8, 4) is 12.3 Å². The average molecular weight is 532 g/mol. The summed E-state index contributed by atoms with van der Waals surface area (Å²) in [5.74, 6) is -5.06. The Morgan fingerprint density at radius 2 is 1.92 bits per heavy atom. The highest BCUT2D eigenvalue weighted by Crippen LogP contribution is 2.32. The van der Waals surface area contributed by atoms with Crippen LogP contribution in [0.3, 0.4) is 0 Å². The Bertz CT molecular complexity index is 1200. The maximum Gasteiger partial charge on any atom is 0.251 e. The Morgan fingerprint density at radius 1 is 1.19 bits per heavy atom. The molecule has 0 saturated heterocycles. The van der Waals surface area contributed by atoms with E-state index in [1.807, 2.05) is 25.1 Å². The van der Waals surface area contributed by atoms with E-state index in [0.29, 0.717) is 0 Å². The van der Waals surface area contributed by atoms with Gasteiger partial charge in [0.2, 0.25) is 5.78 Å². The number of hydrogen-bond donors (Lipinski definition) is 6. The second kappa shape index (κ2) is 12.3. The zero-order valence-electron chi connectivity index (χ0n) is 20.6. The molecule has 1 aliphatic rings. The van der Waals surface area contributed by atoms with Crippen molar-refractivity contribution < 1.29 is 40.2 Å². The molecule has 0 unspecified atom stereocenters. The lowest BCUT2D eigenvalue weighted by Crippen LogP contribution is -2.55. The van der Waals surface area contributed by atoms with Gasteiger partial charge in [-0.25, -0.2) is 4.98 Å². The first-order chi connectivity index (χ1) is 17.4. The molecular weight excluding hydrogens is 498 g/mol. The molecule has 2 aromatic rings. The summed E-state index contributed by atoms with van der Waals surface area (Å²) in [5.41, 5.74) is 1.56. The molecule has 6 N–H and O–H groups in total. The Labute approximate surface area is 219 Å². The summed E-state index contributed by atoms with van der Waals surface area (Å²) >= 11 is 1.54. The van der Waals surface area contributed by atoms with Crippen molar-refractivity contribution in [2.24, 2.45) is 5.92 Å². The van der Waals surface area contributed by atoms with E-state index in [4.69, 9.17) is 6.42 Å². The first-order valence-electron chi connectivity index (χ1n) is 12.2. The van der Waals surface area contributed by atoms with Gasteiger partial charge in [0.15, 0.2) is 0 Å². The monoisotopic (exact) mass is 531 g/mol. The van der Waals surface area contributed by atoms with Gasteiger partial charge < -0.3 is 30.6 Å². The molecule has 0 amide bonds. The molecule has 1 heterocycles. The number of terminal acetylenes is 1. The molecule has 0 radical (unpaired) electrons. The highest BCUT2D eigenvalue weighted by Gasteiger charge is 2.48. The minimum atomic E-state index is -3.36. The van der Waals surface area contributed by atoms with Gasteiger partial charge in [-0.2, -0.15) is 0 Å². The minimum absolute atomic E-state index is 0.00157. The van der Waals surface area contributed by atoms with Gasteiger partial charge in [0.05, 0.1) is 39.1 Å². The number of aryl methyl sites for hydroxylation is 1. The maximum atomic E-state index is 12.9. The van der Waals surface area contributed by atoms with Gasteiger partial charge in [0.25, 0.3) is 5.79 Å². The van der Waals surface area contributed by atoms with Crippen LogP contribution in [-0.2, 0) is 9.59 Å². The number of carbonyl (C=O) groups excluding carboxylic acids is 2. The second-order valence-electron chi connectivity index (χ2n) is 9.61. The molecule has 1 aromatic carbocycles. The Hall–Kier alpha value is -2.65. The number of nitrogens with zero attached hydrogens (tertiary/aromatic N) is 1. The van der Waals surface area contributed by atoms with Crippen LogP contribution in [0.2, 0.25) is 0 Å². The third-order valence-electron chi connectivity index (χ3n) is 6.76. The van der Waals surface area contributed by atoms with E-state index in [0.717, 1.165) is 20.8 Å². The van der Waals surface area contributed by atoms with Crippen LogP contribution >= 0.6 is 11.3 Å². The molecule has 37 heavy (non-hydrogen) atoms. The summed E-state index contributed by atoms with van der Waals surface area (Å²) in [5, 5.41) is 63.6. The first kappa shape index (κ1) is 28.9. The van der Waals surface area contributed by atoms with Gasteiger partial charge in [-0.1, -0.05) is 6.07 Å².